The number of hydrogen-bond acceptors (Lipinski definition) is 4. The van der Waals surface area contributed by atoms with Crippen LogP contribution in [0.1, 0.15) is 18.4 Å². The average Bonchev–Trinajstić information content (AvgIpc) is 3.01. The van der Waals surface area contributed by atoms with Crippen molar-refractivity contribution in [3.05, 3.63) is 18.0 Å². The Morgan fingerprint density at radius 2 is 2.21 bits per heavy atom. The Morgan fingerprint density at radius 1 is 1.38 bits per heavy atom. The number of carbonyl (C=O) groups is 1. The van der Waals surface area contributed by atoms with Gasteiger partial charge in [0.2, 0.25) is 0 Å². The summed E-state index contributed by atoms with van der Waals surface area (Å²) in [4.78, 5) is 16.8. The maximum Gasteiger partial charge on any atom is 0.317 e. The van der Waals surface area contributed by atoms with Crippen LogP contribution >= 0.6 is 0 Å². The highest BCUT2D eigenvalue weighted by Crippen LogP contribution is 2.18. The maximum absolute atomic E-state index is 12.4. The molecular weight excluding hydrogens is 306 g/mol. The van der Waals surface area contributed by atoms with Crippen molar-refractivity contribution >= 4 is 6.03 Å². The molecule has 0 aliphatic carbocycles. The summed E-state index contributed by atoms with van der Waals surface area (Å²) in [6, 6.07) is 0.0746. The van der Waals surface area contributed by atoms with Crippen LogP contribution < -0.4 is 5.32 Å². The van der Waals surface area contributed by atoms with E-state index in [1.54, 1.807) is 4.68 Å². The Balaban J connectivity index is 1.39. The van der Waals surface area contributed by atoms with Gasteiger partial charge in [-0.2, -0.15) is 5.10 Å². The first-order valence-electron chi connectivity index (χ1n) is 9.01. The summed E-state index contributed by atoms with van der Waals surface area (Å²) in [5.41, 5.74) is 1.15. The van der Waals surface area contributed by atoms with Gasteiger partial charge in [0.05, 0.1) is 19.4 Å². The second-order valence-electron chi connectivity index (χ2n) is 6.87. The molecule has 2 saturated heterocycles. The largest absolute Gasteiger partial charge is 0.379 e. The highest BCUT2D eigenvalue weighted by molar-refractivity contribution is 5.74. The summed E-state index contributed by atoms with van der Waals surface area (Å²) in [6.07, 6.45) is 6.99. The number of amides is 2. The number of piperidine rings is 1. The molecule has 2 aliphatic rings. The minimum absolute atomic E-state index is 0.0746. The van der Waals surface area contributed by atoms with Crippen LogP contribution in [0.4, 0.5) is 4.79 Å². The number of ether oxygens (including phenoxy) is 1. The molecule has 0 spiro atoms. The van der Waals surface area contributed by atoms with Crippen molar-refractivity contribution in [2.45, 2.75) is 19.3 Å². The topological polar surface area (TPSA) is 62.6 Å². The summed E-state index contributed by atoms with van der Waals surface area (Å²) < 4.78 is 7.20. The predicted octanol–water partition coefficient (Wildman–Crippen LogP) is 0.716. The van der Waals surface area contributed by atoms with Gasteiger partial charge >= 0.3 is 6.03 Å². The zero-order chi connectivity index (χ0) is 16.8. The Morgan fingerprint density at radius 3 is 2.96 bits per heavy atom. The molecule has 24 heavy (non-hydrogen) atoms. The van der Waals surface area contributed by atoms with Crippen LogP contribution in [-0.4, -0.2) is 78.1 Å². The van der Waals surface area contributed by atoms with Crippen molar-refractivity contribution in [1.29, 1.82) is 0 Å². The number of urea groups is 1. The summed E-state index contributed by atoms with van der Waals surface area (Å²) in [7, 11) is 1.91. The van der Waals surface area contributed by atoms with Crippen molar-refractivity contribution in [2.75, 3.05) is 52.5 Å². The SMILES string of the molecule is Cn1cc(CCNC(=O)N2CCCC(CN3CCOCC3)C2)cn1. The van der Waals surface area contributed by atoms with Gasteiger partial charge in [-0.1, -0.05) is 0 Å². The molecule has 1 aromatic heterocycles. The first-order valence-corrected chi connectivity index (χ1v) is 9.01. The van der Waals surface area contributed by atoms with E-state index in [0.29, 0.717) is 12.5 Å². The first kappa shape index (κ1) is 17.2. The second kappa shape index (κ2) is 8.48. The Labute approximate surface area is 143 Å². The molecule has 1 atom stereocenters. The lowest BCUT2D eigenvalue weighted by Crippen LogP contribution is -2.49. The van der Waals surface area contributed by atoms with Gasteiger partial charge in [-0.15, -0.1) is 0 Å². The normalized spacial score (nSPS) is 22.5. The molecule has 7 heteroatoms. The fourth-order valence-corrected chi connectivity index (χ4v) is 3.57. The lowest BCUT2D eigenvalue weighted by molar-refractivity contribution is 0.0249. The lowest BCUT2D eigenvalue weighted by atomic mass is 9.97. The number of nitrogens with zero attached hydrogens (tertiary/aromatic N) is 4. The Hall–Kier alpha value is -1.60. The van der Waals surface area contributed by atoms with Crippen LogP contribution in [0.2, 0.25) is 0 Å². The molecule has 1 N–H and O–H groups in total. The van der Waals surface area contributed by atoms with Gasteiger partial charge in [-0.05, 0) is 30.7 Å². The van der Waals surface area contributed by atoms with E-state index in [1.807, 2.05) is 24.3 Å². The Bertz CT molecular complexity index is 527. The molecule has 0 saturated carbocycles. The quantitative estimate of drug-likeness (QED) is 0.861. The van der Waals surface area contributed by atoms with Crippen LogP contribution in [-0.2, 0) is 18.2 Å². The third-order valence-electron chi connectivity index (χ3n) is 4.87. The zero-order valence-corrected chi connectivity index (χ0v) is 14.6. The number of nitrogens with one attached hydrogen (secondary N) is 1. The summed E-state index contributed by atoms with van der Waals surface area (Å²) >= 11 is 0. The van der Waals surface area contributed by atoms with Gasteiger partial charge in [0.25, 0.3) is 0 Å². The van der Waals surface area contributed by atoms with E-state index in [2.05, 4.69) is 15.3 Å². The molecule has 2 aliphatic heterocycles. The van der Waals surface area contributed by atoms with E-state index >= 15 is 0 Å². The van der Waals surface area contributed by atoms with Gasteiger partial charge in [-0.25, -0.2) is 4.79 Å². The van der Waals surface area contributed by atoms with Crippen LogP contribution in [0.25, 0.3) is 0 Å². The molecule has 1 unspecified atom stereocenters. The molecule has 0 radical (unpaired) electrons. The van der Waals surface area contributed by atoms with Gasteiger partial charge in [0.1, 0.15) is 0 Å². The minimum atomic E-state index is 0.0746. The van der Waals surface area contributed by atoms with Crippen molar-refractivity contribution in [1.82, 2.24) is 24.9 Å². The lowest BCUT2D eigenvalue weighted by Gasteiger charge is -2.36. The monoisotopic (exact) mass is 335 g/mol. The first-order chi connectivity index (χ1) is 11.7. The summed E-state index contributed by atoms with van der Waals surface area (Å²) in [6.45, 7) is 7.21. The number of morpholine rings is 1. The van der Waals surface area contributed by atoms with Gasteiger partial charge in [0.15, 0.2) is 0 Å². The number of rotatable bonds is 5. The molecule has 0 bridgehead atoms. The van der Waals surface area contributed by atoms with E-state index < -0.39 is 0 Å². The van der Waals surface area contributed by atoms with Crippen molar-refractivity contribution in [3.63, 3.8) is 0 Å². The van der Waals surface area contributed by atoms with Crippen molar-refractivity contribution in [3.8, 4) is 0 Å². The smallest absolute Gasteiger partial charge is 0.317 e. The van der Waals surface area contributed by atoms with Crippen LogP contribution in [0, 0.1) is 5.92 Å². The van der Waals surface area contributed by atoms with E-state index in [-0.39, 0.29) is 6.03 Å². The fraction of sp³-hybridized carbons (Fsp3) is 0.765. The van der Waals surface area contributed by atoms with E-state index in [9.17, 15) is 4.79 Å². The number of carbonyl (C=O) groups excluding carboxylic acids is 1. The van der Waals surface area contributed by atoms with Gasteiger partial charge in [-0.3, -0.25) is 9.58 Å². The molecule has 3 heterocycles. The Kier molecular flexibility index (Phi) is 6.09. The molecule has 2 amide bonds. The van der Waals surface area contributed by atoms with Crippen molar-refractivity contribution in [2.24, 2.45) is 13.0 Å². The standard InChI is InChI=1S/C17H29N5O2/c1-20-12-15(11-19-20)4-5-18-17(23)22-6-2-3-16(14-22)13-21-7-9-24-10-8-21/h11-12,16H,2-10,13-14H2,1H3,(H,18,23). The molecule has 0 aromatic carbocycles. The second-order valence-corrected chi connectivity index (χ2v) is 6.87. The minimum Gasteiger partial charge on any atom is -0.379 e. The van der Waals surface area contributed by atoms with E-state index in [0.717, 1.165) is 64.3 Å². The molecule has 2 fully saturated rings. The van der Waals surface area contributed by atoms with E-state index in [4.69, 9.17) is 4.74 Å². The molecule has 3 rings (SSSR count). The van der Waals surface area contributed by atoms with Gasteiger partial charge < -0.3 is 15.0 Å². The van der Waals surface area contributed by atoms with Crippen LogP contribution in [0.5, 0.6) is 0 Å². The van der Waals surface area contributed by atoms with Gasteiger partial charge in [0, 0.05) is 52.5 Å². The summed E-state index contributed by atoms with van der Waals surface area (Å²) in [5, 5.41) is 7.20. The van der Waals surface area contributed by atoms with Crippen molar-refractivity contribution < 1.29 is 9.53 Å². The fourth-order valence-electron chi connectivity index (χ4n) is 3.57. The number of hydrogen-bond donors (Lipinski definition) is 1. The highest BCUT2D eigenvalue weighted by Gasteiger charge is 2.25. The predicted molar refractivity (Wildman–Crippen MR) is 91.9 cm³/mol. The number of aryl methyl sites for hydroxylation is 1. The maximum atomic E-state index is 12.4. The number of aromatic nitrogens is 2. The molecule has 7 nitrogen and oxygen atoms in total. The third-order valence-corrected chi connectivity index (χ3v) is 4.87. The average molecular weight is 335 g/mol. The van der Waals surface area contributed by atoms with Crippen LogP contribution in [0.3, 0.4) is 0 Å². The molecular formula is C17H29N5O2. The molecule has 134 valence electrons. The molecule has 1 aromatic rings. The van der Waals surface area contributed by atoms with Crippen LogP contribution in [0.15, 0.2) is 12.4 Å². The van der Waals surface area contributed by atoms with E-state index in [1.165, 1.54) is 6.42 Å². The highest BCUT2D eigenvalue weighted by atomic mass is 16.5. The number of likely N-dealkylation sites (tertiary alicyclic amines) is 1. The summed E-state index contributed by atoms with van der Waals surface area (Å²) in [5.74, 6) is 0.584. The third kappa shape index (κ3) is 4.95. The zero-order valence-electron chi connectivity index (χ0n) is 14.6.